The minimum absolute atomic E-state index is 0.00551. The van der Waals surface area contributed by atoms with Crippen LogP contribution in [0.5, 0.6) is 0 Å². The average Bonchev–Trinajstić information content (AvgIpc) is 2.65. The molecule has 6 nitrogen and oxygen atoms in total. The third-order valence-electron chi connectivity index (χ3n) is 2.43. The zero-order valence-corrected chi connectivity index (χ0v) is 8.62. The molecule has 0 radical (unpaired) electrons. The fourth-order valence-corrected chi connectivity index (χ4v) is 1.63. The molecule has 1 atom stereocenters. The molecule has 1 aliphatic rings. The molecule has 15 heavy (non-hydrogen) atoms. The third-order valence-corrected chi connectivity index (χ3v) is 2.43. The highest BCUT2D eigenvalue weighted by Gasteiger charge is 2.22. The Morgan fingerprint density at radius 3 is 3.13 bits per heavy atom. The largest absolute Gasteiger partial charge is 0.328 e. The van der Waals surface area contributed by atoms with E-state index in [-0.39, 0.29) is 17.8 Å². The molecular weight excluding hydrogens is 196 g/mol. The van der Waals surface area contributed by atoms with Gasteiger partial charge in [0.15, 0.2) is 5.82 Å². The highest BCUT2D eigenvalue weighted by atomic mass is 16.5. The SMILES string of the molecule is Cc1noc(NC(=O)[C@@H]2CCCNC2)n1. The summed E-state index contributed by atoms with van der Waals surface area (Å²) in [5.41, 5.74) is 0. The second-order valence-electron chi connectivity index (χ2n) is 3.68. The molecule has 0 bridgehead atoms. The van der Waals surface area contributed by atoms with Crippen molar-refractivity contribution in [2.75, 3.05) is 18.4 Å². The highest BCUT2D eigenvalue weighted by Crippen LogP contribution is 2.12. The van der Waals surface area contributed by atoms with Crippen LogP contribution >= 0.6 is 0 Å². The first-order valence-corrected chi connectivity index (χ1v) is 5.07. The van der Waals surface area contributed by atoms with E-state index in [1.165, 1.54) is 0 Å². The topological polar surface area (TPSA) is 80.0 Å². The lowest BCUT2D eigenvalue weighted by atomic mass is 9.99. The minimum Gasteiger partial charge on any atom is -0.316 e. The van der Waals surface area contributed by atoms with Gasteiger partial charge in [-0.15, -0.1) is 0 Å². The van der Waals surface area contributed by atoms with E-state index in [0.29, 0.717) is 5.82 Å². The average molecular weight is 210 g/mol. The Bertz CT molecular complexity index is 344. The van der Waals surface area contributed by atoms with Gasteiger partial charge in [-0.25, -0.2) is 0 Å². The molecule has 1 aliphatic heterocycles. The second kappa shape index (κ2) is 4.39. The van der Waals surface area contributed by atoms with Crippen molar-refractivity contribution in [3.8, 4) is 0 Å². The molecule has 1 amide bonds. The van der Waals surface area contributed by atoms with E-state index < -0.39 is 0 Å². The van der Waals surface area contributed by atoms with Crippen LogP contribution in [-0.4, -0.2) is 29.1 Å². The van der Waals surface area contributed by atoms with Crippen molar-refractivity contribution in [3.63, 3.8) is 0 Å². The fourth-order valence-electron chi connectivity index (χ4n) is 1.63. The van der Waals surface area contributed by atoms with Gasteiger partial charge < -0.3 is 9.84 Å². The molecule has 2 heterocycles. The molecule has 1 aromatic heterocycles. The predicted molar refractivity (Wildman–Crippen MR) is 53.3 cm³/mol. The first kappa shape index (κ1) is 10.1. The maximum atomic E-state index is 11.7. The molecule has 0 aromatic carbocycles. The van der Waals surface area contributed by atoms with E-state index >= 15 is 0 Å². The van der Waals surface area contributed by atoms with Crippen molar-refractivity contribution in [2.45, 2.75) is 19.8 Å². The first-order chi connectivity index (χ1) is 7.25. The Balaban J connectivity index is 1.91. The predicted octanol–water partition coefficient (Wildman–Crippen LogP) is 0.316. The van der Waals surface area contributed by atoms with Gasteiger partial charge in [0.2, 0.25) is 5.91 Å². The van der Waals surface area contributed by atoms with E-state index in [0.717, 1.165) is 25.9 Å². The van der Waals surface area contributed by atoms with E-state index in [4.69, 9.17) is 4.52 Å². The van der Waals surface area contributed by atoms with Crippen LogP contribution in [0.15, 0.2) is 4.52 Å². The van der Waals surface area contributed by atoms with Crippen molar-refractivity contribution >= 4 is 11.9 Å². The van der Waals surface area contributed by atoms with Crippen molar-refractivity contribution in [3.05, 3.63) is 5.82 Å². The highest BCUT2D eigenvalue weighted by molar-refractivity contribution is 5.90. The van der Waals surface area contributed by atoms with Gasteiger partial charge in [0.05, 0.1) is 5.92 Å². The van der Waals surface area contributed by atoms with E-state index in [9.17, 15) is 4.79 Å². The molecule has 2 N–H and O–H groups in total. The van der Waals surface area contributed by atoms with Crippen LogP contribution in [0.25, 0.3) is 0 Å². The Morgan fingerprint density at radius 2 is 2.53 bits per heavy atom. The quantitative estimate of drug-likeness (QED) is 0.734. The molecule has 1 aromatic rings. The summed E-state index contributed by atoms with van der Waals surface area (Å²) in [5.74, 6) is 0.476. The van der Waals surface area contributed by atoms with E-state index in [1.54, 1.807) is 6.92 Å². The maximum Gasteiger partial charge on any atom is 0.328 e. The zero-order chi connectivity index (χ0) is 10.7. The van der Waals surface area contributed by atoms with Crippen LogP contribution in [0.2, 0.25) is 0 Å². The molecule has 1 saturated heterocycles. The van der Waals surface area contributed by atoms with Gasteiger partial charge in [-0.05, 0) is 26.3 Å². The van der Waals surface area contributed by atoms with Gasteiger partial charge in [-0.1, -0.05) is 5.16 Å². The molecule has 0 unspecified atom stereocenters. The van der Waals surface area contributed by atoms with Crippen LogP contribution in [0.1, 0.15) is 18.7 Å². The summed E-state index contributed by atoms with van der Waals surface area (Å²) in [5, 5.41) is 9.39. The van der Waals surface area contributed by atoms with Crippen molar-refractivity contribution in [1.82, 2.24) is 15.5 Å². The van der Waals surface area contributed by atoms with Gasteiger partial charge in [-0.3, -0.25) is 10.1 Å². The maximum absolute atomic E-state index is 11.7. The Kier molecular flexibility index (Phi) is 2.96. The number of carbonyl (C=O) groups is 1. The van der Waals surface area contributed by atoms with Gasteiger partial charge in [-0.2, -0.15) is 4.98 Å². The van der Waals surface area contributed by atoms with Gasteiger partial charge >= 0.3 is 6.01 Å². The molecule has 6 heteroatoms. The molecule has 0 aliphatic carbocycles. The van der Waals surface area contributed by atoms with E-state index in [1.807, 2.05) is 0 Å². The summed E-state index contributed by atoms with van der Waals surface area (Å²) in [6.45, 7) is 3.42. The standard InChI is InChI=1S/C9H14N4O2/c1-6-11-9(15-13-6)12-8(14)7-3-2-4-10-5-7/h7,10H,2-5H2,1H3,(H,11,12,13,14)/t7-/m1/s1. The normalized spacial score (nSPS) is 21.3. The lowest BCUT2D eigenvalue weighted by molar-refractivity contribution is -0.120. The van der Waals surface area contributed by atoms with Gasteiger partial charge in [0.25, 0.3) is 0 Å². The number of rotatable bonds is 2. The molecule has 82 valence electrons. The lowest BCUT2D eigenvalue weighted by Gasteiger charge is -2.20. The Hall–Kier alpha value is -1.43. The summed E-state index contributed by atoms with van der Waals surface area (Å²) in [4.78, 5) is 15.6. The number of anilines is 1. The van der Waals surface area contributed by atoms with Crippen LogP contribution in [-0.2, 0) is 4.79 Å². The number of hydrogen-bond acceptors (Lipinski definition) is 5. The summed E-state index contributed by atoms with van der Waals surface area (Å²) in [7, 11) is 0. The third kappa shape index (κ3) is 2.53. The number of nitrogens with one attached hydrogen (secondary N) is 2. The summed E-state index contributed by atoms with van der Waals surface area (Å²) in [6.07, 6.45) is 1.94. The van der Waals surface area contributed by atoms with Crippen molar-refractivity contribution in [1.29, 1.82) is 0 Å². The molecule has 0 saturated carbocycles. The van der Waals surface area contributed by atoms with Crippen LogP contribution < -0.4 is 10.6 Å². The number of amides is 1. The first-order valence-electron chi connectivity index (χ1n) is 5.07. The van der Waals surface area contributed by atoms with E-state index in [2.05, 4.69) is 20.8 Å². The molecular formula is C9H14N4O2. The number of carbonyl (C=O) groups excluding carboxylic acids is 1. The van der Waals surface area contributed by atoms with Crippen LogP contribution in [0.4, 0.5) is 6.01 Å². The number of nitrogens with zero attached hydrogens (tertiary/aromatic N) is 2. The Morgan fingerprint density at radius 1 is 1.67 bits per heavy atom. The number of piperidine rings is 1. The zero-order valence-electron chi connectivity index (χ0n) is 8.62. The smallest absolute Gasteiger partial charge is 0.316 e. The van der Waals surface area contributed by atoms with Crippen molar-refractivity contribution < 1.29 is 9.32 Å². The number of hydrogen-bond donors (Lipinski definition) is 2. The van der Waals surface area contributed by atoms with Gasteiger partial charge in [0.1, 0.15) is 0 Å². The van der Waals surface area contributed by atoms with Gasteiger partial charge in [0, 0.05) is 6.54 Å². The van der Waals surface area contributed by atoms with Crippen molar-refractivity contribution in [2.24, 2.45) is 5.92 Å². The minimum atomic E-state index is -0.0501. The monoisotopic (exact) mass is 210 g/mol. The summed E-state index contributed by atoms with van der Waals surface area (Å²) in [6, 6.07) is 0.183. The summed E-state index contributed by atoms with van der Waals surface area (Å²) >= 11 is 0. The van der Waals surface area contributed by atoms with Crippen LogP contribution in [0.3, 0.4) is 0 Å². The Labute approximate surface area is 87.4 Å². The molecule has 0 spiro atoms. The molecule has 2 rings (SSSR count). The lowest BCUT2D eigenvalue weighted by Crippen LogP contribution is -2.37. The second-order valence-corrected chi connectivity index (χ2v) is 3.68. The fraction of sp³-hybridized carbons (Fsp3) is 0.667. The number of aromatic nitrogens is 2. The van der Waals surface area contributed by atoms with Crippen LogP contribution in [0, 0.1) is 12.8 Å². The molecule has 1 fully saturated rings. The number of aryl methyl sites for hydroxylation is 1. The summed E-state index contributed by atoms with van der Waals surface area (Å²) < 4.78 is 4.81.